The maximum absolute atomic E-state index is 11.3. The van der Waals surface area contributed by atoms with E-state index < -0.39 is 0 Å². The van der Waals surface area contributed by atoms with Gasteiger partial charge in [-0.1, -0.05) is 25.1 Å². The molecule has 0 N–H and O–H groups in total. The Morgan fingerprint density at radius 1 is 1.50 bits per heavy atom. The Hall–Kier alpha value is -1.86. The van der Waals surface area contributed by atoms with Gasteiger partial charge in [-0.05, 0) is 18.7 Å². The number of nitriles is 1. The first-order valence-corrected chi connectivity index (χ1v) is 5.82. The van der Waals surface area contributed by atoms with Crippen LogP contribution in [0.3, 0.4) is 0 Å². The number of carbonyl (C=O) groups is 1. The van der Waals surface area contributed by atoms with Crippen molar-refractivity contribution in [3.63, 3.8) is 0 Å². The highest BCUT2D eigenvalue weighted by Crippen LogP contribution is 2.11. The topological polar surface area (TPSA) is 53.3 Å². The van der Waals surface area contributed by atoms with Crippen LogP contribution in [0.15, 0.2) is 24.3 Å². The van der Waals surface area contributed by atoms with Gasteiger partial charge in [0.2, 0.25) is 0 Å². The molecular weight excluding hydrogens is 228 g/mol. The molecule has 0 bridgehead atoms. The van der Waals surface area contributed by atoms with E-state index >= 15 is 0 Å². The van der Waals surface area contributed by atoms with Crippen molar-refractivity contribution in [2.45, 2.75) is 13.5 Å². The number of ether oxygens (including phenoxy) is 1. The summed E-state index contributed by atoms with van der Waals surface area (Å²) in [6.07, 6.45) is 0. The van der Waals surface area contributed by atoms with E-state index in [-0.39, 0.29) is 11.9 Å². The van der Waals surface area contributed by atoms with Gasteiger partial charge in [0.1, 0.15) is 0 Å². The third-order valence-electron chi connectivity index (χ3n) is 2.77. The molecule has 96 valence electrons. The van der Waals surface area contributed by atoms with Crippen molar-refractivity contribution >= 4 is 5.97 Å². The molecule has 1 aromatic carbocycles. The van der Waals surface area contributed by atoms with E-state index in [1.807, 2.05) is 37.1 Å². The Morgan fingerprint density at radius 2 is 2.17 bits per heavy atom. The highest BCUT2D eigenvalue weighted by Gasteiger charge is 2.16. The maximum atomic E-state index is 11.3. The number of rotatable bonds is 5. The van der Waals surface area contributed by atoms with Crippen molar-refractivity contribution in [3.05, 3.63) is 35.4 Å². The minimum Gasteiger partial charge on any atom is -0.469 e. The first kappa shape index (κ1) is 14.2. The molecule has 1 unspecified atom stereocenters. The molecule has 0 spiro atoms. The minimum atomic E-state index is -0.213. The summed E-state index contributed by atoms with van der Waals surface area (Å²) in [7, 11) is 3.32. The van der Waals surface area contributed by atoms with Crippen molar-refractivity contribution in [2.24, 2.45) is 5.92 Å². The van der Waals surface area contributed by atoms with Crippen LogP contribution in [0.2, 0.25) is 0 Å². The third-order valence-corrected chi connectivity index (χ3v) is 2.77. The van der Waals surface area contributed by atoms with E-state index in [4.69, 9.17) is 10.00 Å². The molecule has 0 saturated heterocycles. The molecule has 4 heteroatoms. The summed E-state index contributed by atoms with van der Waals surface area (Å²) in [6, 6.07) is 9.65. The molecule has 1 aromatic rings. The second-order valence-electron chi connectivity index (χ2n) is 4.39. The number of methoxy groups -OCH3 is 1. The highest BCUT2D eigenvalue weighted by atomic mass is 16.5. The molecule has 4 nitrogen and oxygen atoms in total. The van der Waals surface area contributed by atoms with E-state index in [0.29, 0.717) is 18.7 Å². The number of hydrogen-bond donors (Lipinski definition) is 0. The van der Waals surface area contributed by atoms with Crippen LogP contribution >= 0.6 is 0 Å². The largest absolute Gasteiger partial charge is 0.469 e. The Bertz CT molecular complexity index is 451. The number of nitrogens with zero attached hydrogens (tertiary/aromatic N) is 2. The molecule has 1 atom stereocenters. The van der Waals surface area contributed by atoms with Crippen LogP contribution in [0.1, 0.15) is 18.1 Å². The summed E-state index contributed by atoms with van der Waals surface area (Å²) < 4.78 is 4.69. The molecule has 0 aromatic heterocycles. The lowest BCUT2D eigenvalue weighted by molar-refractivity contribution is -0.145. The zero-order valence-corrected chi connectivity index (χ0v) is 11.0. The van der Waals surface area contributed by atoms with Crippen LogP contribution in [0.25, 0.3) is 0 Å². The van der Waals surface area contributed by atoms with E-state index in [0.717, 1.165) is 5.56 Å². The van der Waals surface area contributed by atoms with Gasteiger partial charge >= 0.3 is 5.97 Å². The zero-order chi connectivity index (χ0) is 13.5. The van der Waals surface area contributed by atoms with Gasteiger partial charge < -0.3 is 9.64 Å². The first-order valence-electron chi connectivity index (χ1n) is 5.82. The first-order chi connectivity index (χ1) is 8.58. The summed E-state index contributed by atoms with van der Waals surface area (Å²) in [5, 5.41) is 9.00. The predicted molar refractivity (Wildman–Crippen MR) is 68.7 cm³/mol. The standard InChI is InChI=1S/C14H18N2O2/c1-11(14(17)18-3)9-16(2)10-13-7-5-4-6-12(13)8-15/h4-7,11H,9-10H2,1-3H3. The van der Waals surface area contributed by atoms with E-state index in [1.165, 1.54) is 7.11 Å². The average Bonchev–Trinajstić information content (AvgIpc) is 2.38. The number of carbonyl (C=O) groups excluding carboxylic acids is 1. The Balaban J connectivity index is 2.62. The summed E-state index contributed by atoms with van der Waals surface area (Å²) in [5.74, 6) is -0.385. The molecule has 0 aliphatic heterocycles. The predicted octanol–water partition coefficient (Wildman–Crippen LogP) is 1.80. The summed E-state index contributed by atoms with van der Waals surface area (Å²) >= 11 is 0. The summed E-state index contributed by atoms with van der Waals surface area (Å²) in [4.78, 5) is 13.3. The van der Waals surface area contributed by atoms with Gasteiger partial charge in [0, 0.05) is 13.1 Å². The minimum absolute atomic E-state index is 0.172. The van der Waals surface area contributed by atoms with Gasteiger partial charge in [-0.15, -0.1) is 0 Å². The molecule has 0 amide bonds. The van der Waals surface area contributed by atoms with Crippen molar-refractivity contribution in [2.75, 3.05) is 20.7 Å². The Kier molecular flexibility index (Phi) is 5.34. The molecular formula is C14H18N2O2. The molecule has 1 rings (SSSR count). The van der Waals surface area contributed by atoms with E-state index in [9.17, 15) is 4.79 Å². The summed E-state index contributed by atoms with van der Waals surface area (Å²) in [6.45, 7) is 3.08. The van der Waals surface area contributed by atoms with Crippen LogP contribution in [0.5, 0.6) is 0 Å². The summed E-state index contributed by atoms with van der Waals surface area (Å²) in [5.41, 5.74) is 1.65. The number of esters is 1. The van der Waals surface area contributed by atoms with Gasteiger partial charge in [0.05, 0.1) is 24.7 Å². The average molecular weight is 246 g/mol. The van der Waals surface area contributed by atoms with Crippen LogP contribution < -0.4 is 0 Å². The number of benzene rings is 1. The zero-order valence-electron chi connectivity index (χ0n) is 11.0. The lowest BCUT2D eigenvalue weighted by Gasteiger charge is -2.20. The smallest absolute Gasteiger partial charge is 0.309 e. The molecule has 0 fully saturated rings. The highest BCUT2D eigenvalue weighted by molar-refractivity contribution is 5.72. The molecule has 0 aliphatic carbocycles. The van der Waals surface area contributed by atoms with Crippen LogP contribution in [0.4, 0.5) is 0 Å². The van der Waals surface area contributed by atoms with E-state index in [1.54, 1.807) is 6.07 Å². The van der Waals surface area contributed by atoms with Crippen LogP contribution in [0, 0.1) is 17.2 Å². The maximum Gasteiger partial charge on any atom is 0.309 e. The van der Waals surface area contributed by atoms with Gasteiger partial charge in [-0.2, -0.15) is 5.26 Å². The van der Waals surface area contributed by atoms with Gasteiger partial charge in [-0.25, -0.2) is 0 Å². The monoisotopic (exact) mass is 246 g/mol. The lowest BCUT2D eigenvalue weighted by Crippen LogP contribution is -2.29. The van der Waals surface area contributed by atoms with Gasteiger partial charge in [0.15, 0.2) is 0 Å². The lowest BCUT2D eigenvalue weighted by atomic mass is 10.1. The van der Waals surface area contributed by atoms with Gasteiger partial charge in [-0.3, -0.25) is 4.79 Å². The SMILES string of the molecule is COC(=O)C(C)CN(C)Cc1ccccc1C#N. The molecule has 0 saturated carbocycles. The normalized spacial score (nSPS) is 11.9. The quantitative estimate of drug-likeness (QED) is 0.743. The molecule has 0 radical (unpaired) electrons. The second-order valence-corrected chi connectivity index (χ2v) is 4.39. The van der Waals surface area contributed by atoms with Crippen molar-refractivity contribution in [1.29, 1.82) is 5.26 Å². The Morgan fingerprint density at radius 3 is 2.78 bits per heavy atom. The molecule has 0 aliphatic rings. The van der Waals surface area contributed by atoms with Gasteiger partial charge in [0.25, 0.3) is 0 Å². The fourth-order valence-electron chi connectivity index (χ4n) is 1.87. The van der Waals surface area contributed by atoms with Crippen LogP contribution in [-0.4, -0.2) is 31.6 Å². The number of hydrogen-bond acceptors (Lipinski definition) is 4. The second kappa shape index (κ2) is 6.77. The molecule has 0 heterocycles. The van der Waals surface area contributed by atoms with Crippen LogP contribution in [-0.2, 0) is 16.1 Å². The Labute approximate surface area is 108 Å². The fraction of sp³-hybridized carbons (Fsp3) is 0.429. The van der Waals surface area contributed by atoms with Crippen molar-refractivity contribution in [3.8, 4) is 6.07 Å². The molecule has 18 heavy (non-hydrogen) atoms. The van der Waals surface area contributed by atoms with Crippen molar-refractivity contribution < 1.29 is 9.53 Å². The fourth-order valence-corrected chi connectivity index (χ4v) is 1.87. The van der Waals surface area contributed by atoms with E-state index in [2.05, 4.69) is 6.07 Å². The van der Waals surface area contributed by atoms with Crippen molar-refractivity contribution in [1.82, 2.24) is 4.90 Å². The third kappa shape index (κ3) is 3.86.